The van der Waals surface area contributed by atoms with E-state index >= 15 is 0 Å². The van der Waals surface area contributed by atoms with Crippen molar-refractivity contribution < 1.29 is 27.5 Å². The van der Waals surface area contributed by atoms with E-state index in [0.717, 1.165) is 6.42 Å². The fourth-order valence-corrected chi connectivity index (χ4v) is 3.61. The number of esters is 1. The van der Waals surface area contributed by atoms with Gasteiger partial charge in [0.1, 0.15) is 5.75 Å². The first kappa shape index (κ1) is 19.7. The summed E-state index contributed by atoms with van der Waals surface area (Å²) in [5.41, 5.74) is 0.915. The van der Waals surface area contributed by atoms with Crippen molar-refractivity contribution in [3.8, 4) is 5.75 Å². The van der Waals surface area contributed by atoms with E-state index in [0.29, 0.717) is 29.3 Å². The zero-order chi connectivity index (χ0) is 20.3. The summed E-state index contributed by atoms with van der Waals surface area (Å²) in [6, 6.07) is 10.1. The lowest BCUT2D eigenvalue weighted by Crippen LogP contribution is -2.34. The molecule has 0 aromatic heterocycles. The molecule has 1 amide bonds. The highest BCUT2D eigenvalue weighted by atomic mass is 32.2. The predicted molar refractivity (Wildman–Crippen MR) is 103 cm³/mol. The quantitative estimate of drug-likeness (QED) is 0.716. The van der Waals surface area contributed by atoms with Gasteiger partial charge in [-0.25, -0.2) is 13.2 Å². The number of carbonyl (C=O) groups excluding carboxylic acids is 2. The van der Waals surface area contributed by atoms with Crippen LogP contribution < -0.4 is 14.8 Å². The van der Waals surface area contributed by atoms with Crippen molar-refractivity contribution in [1.82, 2.24) is 0 Å². The molecule has 1 heterocycles. The highest BCUT2D eigenvalue weighted by Crippen LogP contribution is 2.32. The summed E-state index contributed by atoms with van der Waals surface area (Å²) in [6.07, 6.45) is 0.0741. The average Bonchev–Trinajstić information content (AvgIpc) is 2.67. The fraction of sp³-hybridized carbons (Fsp3) is 0.263. The van der Waals surface area contributed by atoms with Gasteiger partial charge in [0.05, 0.1) is 22.8 Å². The summed E-state index contributed by atoms with van der Waals surface area (Å²) in [7, 11) is -3.90. The van der Waals surface area contributed by atoms with Crippen molar-refractivity contribution in [3.63, 3.8) is 0 Å². The van der Waals surface area contributed by atoms with Crippen LogP contribution in [0.3, 0.4) is 0 Å². The second kappa shape index (κ2) is 7.89. The van der Waals surface area contributed by atoms with Gasteiger partial charge in [0, 0.05) is 5.69 Å². The molecule has 9 heteroatoms. The van der Waals surface area contributed by atoms with Gasteiger partial charge in [-0.3, -0.25) is 9.52 Å². The van der Waals surface area contributed by atoms with Gasteiger partial charge in [0.15, 0.2) is 6.10 Å². The molecule has 28 heavy (non-hydrogen) atoms. The number of rotatable bonds is 6. The Hall–Kier alpha value is -3.07. The van der Waals surface area contributed by atoms with Gasteiger partial charge in [-0.15, -0.1) is 0 Å². The number of carbonyl (C=O) groups is 2. The zero-order valence-corrected chi connectivity index (χ0v) is 16.2. The third-order valence-corrected chi connectivity index (χ3v) is 5.38. The Morgan fingerprint density at radius 1 is 1.21 bits per heavy atom. The van der Waals surface area contributed by atoms with E-state index < -0.39 is 22.1 Å². The first-order valence-electron chi connectivity index (χ1n) is 8.71. The molecule has 0 spiro atoms. The van der Waals surface area contributed by atoms with Crippen molar-refractivity contribution in [2.45, 2.75) is 31.3 Å². The maximum Gasteiger partial charge on any atom is 0.338 e. The van der Waals surface area contributed by atoms with E-state index in [1.54, 1.807) is 6.92 Å². The van der Waals surface area contributed by atoms with Crippen molar-refractivity contribution in [2.24, 2.45) is 0 Å². The van der Waals surface area contributed by atoms with Crippen LogP contribution in [0.4, 0.5) is 11.4 Å². The summed E-state index contributed by atoms with van der Waals surface area (Å²) in [5, 5.41) is 2.62. The number of fused-ring (bicyclic) bond motifs is 1. The average molecular weight is 404 g/mol. The highest BCUT2D eigenvalue weighted by molar-refractivity contribution is 7.92. The Kier molecular flexibility index (Phi) is 5.55. The summed E-state index contributed by atoms with van der Waals surface area (Å²) < 4.78 is 38.2. The van der Waals surface area contributed by atoms with Crippen molar-refractivity contribution in [1.29, 1.82) is 0 Å². The van der Waals surface area contributed by atoms with Gasteiger partial charge in [0.2, 0.25) is 0 Å². The number of anilines is 2. The molecule has 0 fully saturated rings. The van der Waals surface area contributed by atoms with Crippen LogP contribution >= 0.6 is 0 Å². The van der Waals surface area contributed by atoms with E-state index in [1.807, 2.05) is 6.92 Å². The Bertz CT molecular complexity index is 1000. The second-order valence-corrected chi connectivity index (χ2v) is 7.91. The number of sulfonamides is 1. The molecule has 0 saturated carbocycles. The normalized spacial score (nSPS) is 15.8. The van der Waals surface area contributed by atoms with E-state index in [9.17, 15) is 18.0 Å². The van der Waals surface area contributed by atoms with Crippen molar-refractivity contribution >= 4 is 33.3 Å². The second-order valence-electron chi connectivity index (χ2n) is 6.23. The minimum Gasteiger partial charge on any atom is -0.479 e. The first-order chi connectivity index (χ1) is 13.3. The largest absolute Gasteiger partial charge is 0.479 e. The minimum atomic E-state index is -3.90. The highest BCUT2D eigenvalue weighted by Gasteiger charge is 2.25. The van der Waals surface area contributed by atoms with Gasteiger partial charge >= 0.3 is 5.97 Å². The fourth-order valence-electron chi connectivity index (χ4n) is 2.52. The summed E-state index contributed by atoms with van der Waals surface area (Å²) in [6.45, 7) is 3.82. The molecule has 1 aliphatic heterocycles. The lowest BCUT2D eigenvalue weighted by molar-refractivity contribution is -0.122. The van der Waals surface area contributed by atoms with Gasteiger partial charge in [0.25, 0.3) is 15.9 Å². The van der Waals surface area contributed by atoms with Crippen molar-refractivity contribution in [3.05, 3.63) is 48.0 Å². The number of ether oxygens (including phenoxy) is 2. The molecule has 3 rings (SSSR count). The molecular formula is C19H20N2O6S. The Morgan fingerprint density at radius 2 is 1.93 bits per heavy atom. The predicted octanol–water partition coefficient (Wildman–Crippen LogP) is 2.77. The molecule has 2 aromatic carbocycles. The van der Waals surface area contributed by atoms with Gasteiger partial charge in [-0.05, 0) is 55.8 Å². The molecule has 8 nitrogen and oxygen atoms in total. The molecular weight excluding hydrogens is 384 g/mol. The molecule has 1 unspecified atom stereocenters. The van der Waals surface area contributed by atoms with Crippen LogP contribution in [0.2, 0.25) is 0 Å². The number of benzene rings is 2. The van der Waals surface area contributed by atoms with E-state index in [4.69, 9.17) is 9.47 Å². The molecule has 2 aromatic rings. The summed E-state index contributed by atoms with van der Waals surface area (Å²) in [4.78, 5) is 23.5. The molecule has 0 aliphatic carbocycles. The summed E-state index contributed by atoms with van der Waals surface area (Å²) >= 11 is 0. The SMILES string of the molecule is CCCOC(=O)c1ccc(NS(=O)(=O)c2ccc3c(c2)NC(=O)C(C)O3)cc1. The molecule has 1 atom stereocenters. The third-order valence-electron chi connectivity index (χ3n) is 4.00. The Labute approximate surface area is 162 Å². The maximum absolute atomic E-state index is 12.6. The van der Waals surface area contributed by atoms with Crippen LogP contribution in [0, 0.1) is 0 Å². The van der Waals surface area contributed by atoms with Crippen LogP contribution in [-0.2, 0) is 19.6 Å². The van der Waals surface area contributed by atoms with Gasteiger partial charge in [-0.2, -0.15) is 0 Å². The standard InChI is InChI=1S/C19H20N2O6S/c1-3-10-26-19(23)13-4-6-14(7-5-13)21-28(24,25)15-8-9-17-16(11-15)20-18(22)12(2)27-17/h4-9,11-12,21H,3,10H2,1-2H3,(H,20,22). The smallest absolute Gasteiger partial charge is 0.338 e. The maximum atomic E-state index is 12.6. The molecule has 148 valence electrons. The van der Waals surface area contributed by atoms with Crippen molar-refractivity contribution in [2.75, 3.05) is 16.6 Å². The van der Waals surface area contributed by atoms with E-state index in [-0.39, 0.29) is 10.8 Å². The molecule has 0 radical (unpaired) electrons. The molecule has 2 N–H and O–H groups in total. The first-order valence-corrected chi connectivity index (χ1v) is 10.2. The molecule has 0 saturated heterocycles. The van der Waals surface area contributed by atoms with Crippen LogP contribution in [-0.4, -0.2) is 33.0 Å². The Morgan fingerprint density at radius 3 is 2.61 bits per heavy atom. The number of hydrogen-bond donors (Lipinski definition) is 2. The number of hydrogen-bond acceptors (Lipinski definition) is 6. The van der Waals surface area contributed by atoms with E-state index in [2.05, 4.69) is 10.0 Å². The lowest BCUT2D eigenvalue weighted by atomic mass is 10.2. The zero-order valence-electron chi connectivity index (χ0n) is 15.4. The Balaban J connectivity index is 1.76. The third kappa shape index (κ3) is 4.25. The van der Waals surface area contributed by atoms with Gasteiger partial charge < -0.3 is 14.8 Å². The molecule has 1 aliphatic rings. The lowest BCUT2D eigenvalue weighted by Gasteiger charge is -2.23. The number of nitrogens with one attached hydrogen (secondary N) is 2. The van der Waals surface area contributed by atoms with Crippen LogP contribution in [0.5, 0.6) is 5.75 Å². The monoisotopic (exact) mass is 404 g/mol. The van der Waals surface area contributed by atoms with Crippen LogP contribution in [0.15, 0.2) is 47.4 Å². The van der Waals surface area contributed by atoms with Crippen LogP contribution in [0.25, 0.3) is 0 Å². The van der Waals surface area contributed by atoms with Crippen LogP contribution in [0.1, 0.15) is 30.6 Å². The summed E-state index contributed by atoms with van der Waals surface area (Å²) in [5.74, 6) is -0.405. The van der Waals surface area contributed by atoms with E-state index in [1.165, 1.54) is 42.5 Å². The molecule has 0 bridgehead atoms. The minimum absolute atomic E-state index is 0.0314. The topological polar surface area (TPSA) is 111 Å². The van der Waals surface area contributed by atoms with Gasteiger partial charge in [-0.1, -0.05) is 6.92 Å². The number of amides is 1.